The van der Waals surface area contributed by atoms with Crippen molar-refractivity contribution in [3.05, 3.63) is 34.9 Å². The molecule has 1 aromatic carbocycles. The molecular formula is C12H14ClN3O3S. The van der Waals surface area contributed by atoms with Crippen LogP contribution in [0.25, 0.3) is 0 Å². The summed E-state index contributed by atoms with van der Waals surface area (Å²) in [6, 6.07) is 6.60. The summed E-state index contributed by atoms with van der Waals surface area (Å²) in [5.74, 6) is -0.870. The molecule has 0 saturated carbocycles. The Labute approximate surface area is 126 Å². The highest BCUT2D eigenvalue weighted by Crippen LogP contribution is 2.13. The van der Waals surface area contributed by atoms with Gasteiger partial charge in [0.2, 0.25) is 0 Å². The Hall–Kier alpha value is -1.86. The lowest BCUT2D eigenvalue weighted by atomic mass is 10.2. The number of halogens is 1. The molecule has 3 N–H and O–H groups in total. The van der Waals surface area contributed by atoms with Crippen molar-refractivity contribution in [3.63, 3.8) is 0 Å². The molecule has 8 heteroatoms. The van der Waals surface area contributed by atoms with Crippen molar-refractivity contribution in [1.82, 2.24) is 16.2 Å². The van der Waals surface area contributed by atoms with Crippen molar-refractivity contribution in [2.45, 2.75) is 6.92 Å². The minimum absolute atomic E-state index is 0.0817. The van der Waals surface area contributed by atoms with E-state index in [1.807, 2.05) is 0 Å². The van der Waals surface area contributed by atoms with Crippen LogP contribution in [0.15, 0.2) is 24.3 Å². The van der Waals surface area contributed by atoms with Crippen LogP contribution in [0.4, 0.5) is 0 Å². The van der Waals surface area contributed by atoms with Crippen LogP contribution >= 0.6 is 23.8 Å². The molecule has 1 rings (SSSR count). The van der Waals surface area contributed by atoms with Gasteiger partial charge in [0.15, 0.2) is 5.11 Å². The molecule has 20 heavy (non-hydrogen) atoms. The van der Waals surface area contributed by atoms with Crippen LogP contribution < -0.4 is 16.2 Å². The fourth-order valence-electron chi connectivity index (χ4n) is 1.23. The number of nitrogens with one attached hydrogen (secondary N) is 3. The zero-order valence-electron chi connectivity index (χ0n) is 10.7. The summed E-state index contributed by atoms with van der Waals surface area (Å²) in [6.07, 6.45) is 0. The fourth-order valence-corrected chi connectivity index (χ4v) is 1.58. The smallest absolute Gasteiger partial charge is 0.325 e. The quantitative estimate of drug-likeness (QED) is 0.437. The molecule has 0 aliphatic carbocycles. The SMILES string of the molecule is CCOC(=O)CNC(=S)NNC(=O)c1ccccc1Cl. The molecule has 0 unspecified atom stereocenters. The standard InChI is InChI=1S/C12H14ClN3O3S/c1-2-19-10(17)7-14-12(20)16-15-11(18)8-5-3-4-6-9(8)13/h3-6H,2,7H2,1H3,(H,15,18)(H2,14,16,20). The number of benzene rings is 1. The second-order valence-electron chi connectivity index (χ2n) is 3.55. The van der Waals surface area contributed by atoms with Crippen molar-refractivity contribution >= 4 is 40.8 Å². The first-order valence-electron chi connectivity index (χ1n) is 5.79. The molecule has 0 heterocycles. The van der Waals surface area contributed by atoms with E-state index >= 15 is 0 Å². The summed E-state index contributed by atoms with van der Waals surface area (Å²) in [5.41, 5.74) is 5.14. The van der Waals surface area contributed by atoms with Crippen molar-refractivity contribution in [1.29, 1.82) is 0 Å². The van der Waals surface area contributed by atoms with E-state index in [4.69, 9.17) is 28.6 Å². The number of rotatable bonds is 4. The molecule has 0 radical (unpaired) electrons. The Balaban J connectivity index is 2.36. The predicted octanol–water partition coefficient (Wildman–Crippen LogP) is 1.01. The Bertz CT molecular complexity index is 510. The van der Waals surface area contributed by atoms with Crippen molar-refractivity contribution in [3.8, 4) is 0 Å². The highest BCUT2D eigenvalue weighted by atomic mass is 35.5. The van der Waals surface area contributed by atoms with Gasteiger partial charge in [-0.3, -0.25) is 20.4 Å². The van der Waals surface area contributed by atoms with Crippen LogP contribution in [0.1, 0.15) is 17.3 Å². The number of carbonyl (C=O) groups is 2. The first-order chi connectivity index (χ1) is 9.54. The monoisotopic (exact) mass is 315 g/mol. The summed E-state index contributed by atoms with van der Waals surface area (Å²) in [6.45, 7) is 1.92. The minimum atomic E-state index is -0.436. The van der Waals surface area contributed by atoms with E-state index in [0.717, 1.165) is 0 Å². The number of ether oxygens (including phenoxy) is 1. The van der Waals surface area contributed by atoms with Gasteiger partial charge in [0, 0.05) is 0 Å². The molecule has 0 saturated heterocycles. The summed E-state index contributed by atoms with van der Waals surface area (Å²) < 4.78 is 4.71. The van der Waals surface area contributed by atoms with Gasteiger partial charge in [-0.25, -0.2) is 0 Å². The van der Waals surface area contributed by atoms with Gasteiger partial charge in [0.1, 0.15) is 6.54 Å². The second kappa shape index (κ2) is 8.34. The van der Waals surface area contributed by atoms with Crippen molar-refractivity contribution in [2.24, 2.45) is 0 Å². The molecule has 1 aromatic rings. The molecule has 0 spiro atoms. The van der Waals surface area contributed by atoms with Crippen LogP contribution in [0.3, 0.4) is 0 Å². The van der Waals surface area contributed by atoms with E-state index < -0.39 is 11.9 Å². The lowest BCUT2D eigenvalue weighted by molar-refractivity contribution is -0.141. The van der Waals surface area contributed by atoms with Gasteiger partial charge in [-0.15, -0.1) is 0 Å². The zero-order chi connectivity index (χ0) is 15.0. The molecule has 108 valence electrons. The first-order valence-corrected chi connectivity index (χ1v) is 6.57. The average Bonchev–Trinajstić information content (AvgIpc) is 2.43. The van der Waals surface area contributed by atoms with Crippen molar-refractivity contribution < 1.29 is 14.3 Å². The lowest BCUT2D eigenvalue weighted by Gasteiger charge is -2.11. The molecule has 0 fully saturated rings. The molecule has 0 bridgehead atoms. The summed E-state index contributed by atoms with van der Waals surface area (Å²) >= 11 is 10.8. The predicted molar refractivity (Wildman–Crippen MR) is 79.3 cm³/mol. The number of hydrazine groups is 1. The van der Waals surface area contributed by atoms with Gasteiger partial charge in [-0.2, -0.15) is 0 Å². The number of thiocarbonyl (C=S) groups is 1. The third-order valence-corrected chi connectivity index (χ3v) is 2.68. The van der Waals surface area contributed by atoms with E-state index in [9.17, 15) is 9.59 Å². The molecule has 6 nitrogen and oxygen atoms in total. The van der Waals surface area contributed by atoms with Crippen LogP contribution in [0.2, 0.25) is 5.02 Å². The molecule has 0 aliphatic rings. The number of amides is 1. The fraction of sp³-hybridized carbons (Fsp3) is 0.250. The maximum Gasteiger partial charge on any atom is 0.325 e. The number of hydrogen-bond donors (Lipinski definition) is 3. The highest BCUT2D eigenvalue weighted by molar-refractivity contribution is 7.80. The number of esters is 1. The average molecular weight is 316 g/mol. The van der Waals surface area contributed by atoms with E-state index in [-0.39, 0.29) is 11.7 Å². The Kier molecular flexibility index (Phi) is 6.75. The molecular weight excluding hydrogens is 302 g/mol. The van der Waals surface area contributed by atoms with Gasteiger partial charge in [-0.1, -0.05) is 23.7 Å². The van der Waals surface area contributed by atoms with E-state index in [2.05, 4.69) is 16.2 Å². The minimum Gasteiger partial charge on any atom is -0.465 e. The van der Waals surface area contributed by atoms with Gasteiger partial charge < -0.3 is 10.1 Å². The van der Waals surface area contributed by atoms with Gasteiger partial charge in [0.25, 0.3) is 5.91 Å². The van der Waals surface area contributed by atoms with Gasteiger partial charge >= 0.3 is 5.97 Å². The van der Waals surface area contributed by atoms with Gasteiger partial charge in [0.05, 0.1) is 17.2 Å². The van der Waals surface area contributed by atoms with E-state index in [0.29, 0.717) is 17.2 Å². The summed E-state index contributed by atoms with van der Waals surface area (Å²) in [5, 5.41) is 3.01. The second-order valence-corrected chi connectivity index (χ2v) is 4.36. The van der Waals surface area contributed by atoms with Crippen molar-refractivity contribution in [2.75, 3.05) is 13.2 Å². The number of hydrogen-bond acceptors (Lipinski definition) is 4. The third kappa shape index (κ3) is 5.41. The van der Waals surface area contributed by atoms with Gasteiger partial charge in [-0.05, 0) is 31.3 Å². The number of carbonyl (C=O) groups excluding carboxylic acids is 2. The largest absolute Gasteiger partial charge is 0.465 e. The summed E-state index contributed by atoms with van der Waals surface area (Å²) in [4.78, 5) is 22.8. The topological polar surface area (TPSA) is 79.5 Å². The van der Waals surface area contributed by atoms with Crippen LogP contribution in [-0.4, -0.2) is 30.1 Å². The normalized spacial score (nSPS) is 9.50. The molecule has 0 aliphatic heterocycles. The lowest BCUT2D eigenvalue weighted by Crippen LogP contribution is -2.48. The van der Waals surface area contributed by atoms with Crippen LogP contribution in [0, 0.1) is 0 Å². The Morgan fingerprint density at radius 2 is 2.00 bits per heavy atom. The van der Waals surface area contributed by atoms with E-state index in [1.165, 1.54) is 0 Å². The van der Waals surface area contributed by atoms with E-state index in [1.54, 1.807) is 31.2 Å². The molecule has 0 atom stereocenters. The summed E-state index contributed by atoms with van der Waals surface area (Å²) in [7, 11) is 0. The molecule has 1 amide bonds. The Morgan fingerprint density at radius 1 is 1.30 bits per heavy atom. The maximum absolute atomic E-state index is 11.8. The highest BCUT2D eigenvalue weighted by Gasteiger charge is 2.09. The molecule has 0 aromatic heterocycles. The third-order valence-electron chi connectivity index (χ3n) is 2.11. The first kappa shape index (κ1) is 16.2. The van der Waals surface area contributed by atoms with Crippen LogP contribution in [0.5, 0.6) is 0 Å². The maximum atomic E-state index is 11.8. The van der Waals surface area contributed by atoms with Crippen LogP contribution in [-0.2, 0) is 9.53 Å². The Morgan fingerprint density at radius 3 is 2.65 bits per heavy atom. The zero-order valence-corrected chi connectivity index (χ0v) is 12.3.